The minimum Gasteiger partial charge on any atom is -0.355 e. The van der Waals surface area contributed by atoms with Crippen LogP contribution in [-0.4, -0.2) is 60.9 Å². The van der Waals surface area contributed by atoms with E-state index in [0.717, 1.165) is 39.1 Å². The van der Waals surface area contributed by atoms with Gasteiger partial charge in [-0.25, -0.2) is 0 Å². The van der Waals surface area contributed by atoms with E-state index in [1.165, 1.54) is 0 Å². The van der Waals surface area contributed by atoms with Gasteiger partial charge >= 0.3 is 0 Å². The van der Waals surface area contributed by atoms with Crippen LogP contribution in [0.5, 0.6) is 0 Å². The zero-order chi connectivity index (χ0) is 14.3. The zero-order valence-corrected chi connectivity index (χ0v) is 12.4. The summed E-state index contributed by atoms with van der Waals surface area (Å²) < 4.78 is 0. The largest absolute Gasteiger partial charge is 0.355 e. The van der Waals surface area contributed by atoms with Gasteiger partial charge in [0.05, 0.1) is 5.92 Å². The van der Waals surface area contributed by atoms with Crippen LogP contribution in [0.25, 0.3) is 0 Å². The molecule has 2 amide bonds. The SMILES string of the molecule is CCN(CC)CCCN(CC)C(=O)C1CNC(=O)C1. The average Bonchev–Trinajstić information content (AvgIpc) is 2.85. The Hall–Kier alpha value is -1.10. The molecule has 0 aromatic carbocycles. The first-order valence-electron chi connectivity index (χ1n) is 7.40. The van der Waals surface area contributed by atoms with Gasteiger partial charge in [0, 0.05) is 26.1 Å². The lowest BCUT2D eigenvalue weighted by molar-refractivity contribution is -0.135. The normalized spacial score (nSPS) is 18.7. The van der Waals surface area contributed by atoms with Gasteiger partial charge in [-0.3, -0.25) is 9.59 Å². The van der Waals surface area contributed by atoms with Crippen molar-refractivity contribution in [3.8, 4) is 0 Å². The third-order valence-corrected chi connectivity index (χ3v) is 3.82. The van der Waals surface area contributed by atoms with Crippen LogP contribution in [0.4, 0.5) is 0 Å². The number of hydrogen-bond donors (Lipinski definition) is 1. The van der Waals surface area contributed by atoms with E-state index in [4.69, 9.17) is 0 Å². The molecule has 0 spiro atoms. The Morgan fingerprint density at radius 1 is 1.21 bits per heavy atom. The molecule has 1 aliphatic rings. The van der Waals surface area contributed by atoms with E-state index >= 15 is 0 Å². The third kappa shape index (κ3) is 4.82. The Kier molecular flexibility index (Phi) is 6.84. The van der Waals surface area contributed by atoms with E-state index in [1.807, 2.05) is 11.8 Å². The molecule has 5 nitrogen and oxygen atoms in total. The number of amides is 2. The Bertz CT molecular complexity index is 303. The maximum Gasteiger partial charge on any atom is 0.227 e. The van der Waals surface area contributed by atoms with E-state index in [1.54, 1.807) is 0 Å². The van der Waals surface area contributed by atoms with E-state index < -0.39 is 0 Å². The van der Waals surface area contributed by atoms with Crippen molar-refractivity contribution < 1.29 is 9.59 Å². The molecular formula is C14H27N3O2. The van der Waals surface area contributed by atoms with Crippen LogP contribution >= 0.6 is 0 Å². The molecule has 1 aliphatic heterocycles. The fourth-order valence-electron chi connectivity index (χ4n) is 2.49. The van der Waals surface area contributed by atoms with Crippen LogP contribution in [0.1, 0.15) is 33.6 Å². The van der Waals surface area contributed by atoms with Gasteiger partial charge in [-0.2, -0.15) is 0 Å². The lowest BCUT2D eigenvalue weighted by atomic mass is 10.1. The van der Waals surface area contributed by atoms with Crippen LogP contribution in [0.2, 0.25) is 0 Å². The fourth-order valence-corrected chi connectivity index (χ4v) is 2.49. The first-order valence-corrected chi connectivity index (χ1v) is 7.40. The molecule has 0 bridgehead atoms. The Balaban J connectivity index is 2.36. The second-order valence-electron chi connectivity index (χ2n) is 5.00. The summed E-state index contributed by atoms with van der Waals surface area (Å²) in [5.41, 5.74) is 0. The molecule has 1 N–H and O–H groups in total. The van der Waals surface area contributed by atoms with E-state index in [0.29, 0.717) is 13.0 Å². The Labute approximate surface area is 116 Å². The van der Waals surface area contributed by atoms with Crippen LogP contribution in [0, 0.1) is 5.92 Å². The molecule has 19 heavy (non-hydrogen) atoms. The first kappa shape index (κ1) is 16.0. The molecule has 0 aromatic rings. The van der Waals surface area contributed by atoms with Gasteiger partial charge in [0.25, 0.3) is 0 Å². The molecule has 1 fully saturated rings. The molecule has 0 aromatic heterocycles. The van der Waals surface area contributed by atoms with Crippen LogP contribution in [0.3, 0.4) is 0 Å². The highest BCUT2D eigenvalue weighted by atomic mass is 16.2. The molecule has 110 valence electrons. The summed E-state index contributed by atoms with van der Waals surface area (Å²) >= 11 is 0. The molecule has 0 aliphatic carbocycles. The van der Waals surface area contributed by atoms with E-state index in [-0.39, 0.29) is 17.7 Å². The minimum atomic E-state index is -0.152. The predicted octanol–water partition coefficient (Wildman–Crippen LogP) is 0.703. The Morgan fingerprint density at radius 2 is 1.89 bits per heavy atom. The lowest BCUT2D eigenvalue weighted by Crippen LogP contribution is -2.38. The number of carbonyl (C=O) groups excluding carboxylic acids is 2. The maximum absolute atomic E-state index is 12.3. The highest BCUT2D eigenvalue weighted by Crippen LogP contribution is 2.13. The second kappa shape index (κ2) is 8.15. The van der Waals surface area contributed by atoms with Crippen molar-refractivity contribution in [3.63, 3.8) is 0 Å². The number of nitrogens with zero attached hydrogens (tertiary/aromatic N) is 2. The monoisotopic (exact) mass is 269 g/mol. The maximum atomic E-state index is 12.3. The number of hydrogen-bond acceptors (Lipinski definition) is 3. The quantitative estimate of drug-likeness (QED) is 0.706. The lowest BCUT2D eigenvalue weighted by Gasteiger charge is -2.25. The van der Waals surface area contributed by atoms with Gasteiger partial charge in [0.15, 0.2) is 0 Å². The molecule has 1 heterocycles. The van der Waals surface area contributed by atoms with Crippen molar-refractivity contribution in [3.05, 3.63) is 0 Å². The van der Waals surface area contributed by atoms with Crippen LogP contribution < -0.4 is 5.32 Å². The highest BCUT2D eigenvalue weighted by Gasteiger charge is 2.30. The van der Waals surface area contributed by atoms with E-state index in [9.17, 15) is 9.59 Å². The summed E-state index contributed by atoms with van der Waals surface area (Å²) in [6, 6.07) is 0. The van der Waals surface area contributed by atoms with Gasteiger partial charge in [-0.1, -0.05) is 13.8 Å². The molecule has 1 atom stereocenters. The number of rotatable bonds is 8. The van der Waals surface area contributed by atoms with Gasteiger partial charge in [0.1, 0.15) is 0 Å². The predicted molar refractivity (Wildman–Crippen MR) is 75.8 cm³/mol. The van der Waals surface area contributed by atoms with Gasteiger partial charge in [-0.15, -0.1) is 0 Å². The van der Waals surface area contributed by atoms with Crippen LogP contribution in [0.15, 0.2) is 0 Å². The minimum absolute atomic E-state index is 0.00227. The topological polar surface area (TPSA) is 52.6 Å². The van der Waals surface area contributed by atoms with E-state index in [2.05, 4.69) is 24.1 Å². The summed E-state index contributed by atoms with van der Waals surface area (Å²) in [7, 11) is 0. The molecule has 0 saturated carbocycles. The first-order chi connectivity index (χ1) is 9.12. The van der Waals surface area contributed by atoms with Crippen molar-refractivity contribution in [1.82, 2.24) is 15.1 Å². The van der Waals surface area contributed by atoms with Crippen LogP contribution in [-0.2, 0) is 9.59 Å². The molecule has 1 rings (SSSR count). The number of carbonyl (C=O) groups is 2. The molecular weight excluding hydrogens is 242 g/mol. The molecule has 1 unspecified atom stereocenters. The van der Waals surface area contributed by atoms with Gasteiger partial charge in [-0.05, 0) is 33.0 Å². The van der Waals surface area contributed by atoms with Gasteiger partial charge < -0.3 is 15.1 Å². The van der Waals surface area contributed by atoms with Crippen molar-refractivity contribution in [2.45, 2.75) is 33.6 Å². The third-order valence-electron chi connectivity index (χ3n) is 3.82. The smallest absolute Gasteiger partial charge is 0.227 e. The van der Waals surface area contributed by atoms with Crippen molar-refractivity contribution in [2.24, 2.45) is 5.92 Å². The zero-order valence-electron chi connectivity index (χ0n) is 12.4. The standard InChI is InChI=1S/C14H27N3O2/c1-4-16(5-2)8-7-9-17(6-3)14(19)12-10-13(18)15-11-12/h12H,4-11H2,1-3H3,(H,15,18). The molecule has 5 heteroatoms. The Morgan fingerprint density at radius 3 is 2.37 bits per heavy atom. The highest BCUT2D eigenvalue weighted by molar-refractivity contribution is 5.89. The summed E-state index contributed by atoms with van der Waals surface area (Å²) in [5.74, 6) is -0.0288. The molecule has 0 radical (unpaired) electrons. The summed E-state index contributed by atoms with van der Waals surface area (Å²) in [5, 5.41) is 2.73. The average molecular weight is 269 g/mol. The van der Waals surface area contributed by atoms with Crippen molar-refractivity contribution in [1.29, 1.82) is 0 Å². The summed E-state index contributed by atoms with van der Waals surface area (Å²) in [6.45, 7) is 11.5. The summed E-state index contributed by atoms with van der Waals surface area (Å²) in [4.78, 5) is 27.7. The van der Waals surface area contributed by atoms with Gasteiger partial charge in [0.2, 0.25) is 11.8 Å². The fraction of sp³-hybridized carbons (Fsp3) is 0.857. The molecule has 1 saturated heterocycles. The van der Waals surface area contributed by atoms with Crippen molar-refractivity contribution >= 4 is 11.8 Å². The van der Waals surface area contributed by atoms with Crippen molar-refractivity contribution in [2.75, 3.05) is 39.3 Å². The second-order valence-corrected chi connectivity index (χ2v) is 5.00. The number of nitrogens with one attached hydrogen (secondary N) is 1. The summed E-state index contributed by atoms with van der Waals surface area (Å²) in [6.07, 6.45) is 1.35.